The SMILES string of the molecule is CC1(C(=O)NCc2ccccc2)CCN(C(=O)Nc2ccc(F)cc2F)CC1. The Bertz CT molecular complexity index is 850. The third-order valence-corrected chi connectivity index (χ3v) is 5.17. The summed E-state index contributed by atoms with van der Waals surface area (Å²) in [4.78, 5) is 26.5. The maximum atomic E-state index is 13.7. The van der Waals surface area contributed by atoms with E-state index in [0.29, 0.717) is 32.5 Å². The number of piperidine rings is 1. The number of hydrogen-bond acceptors (Lipinski definition) is 2. The average Bonchev–Trinajstić information content (AvgIpc) is 2.69. The quantitative estimate of drug-likeness (QED) is 0.836. The van der Waals surface area contributed by atoms with Crippen molar-refractivity contribution in [3.05, 3.63) is 65.7 Å². The smallest absolute Gasteiger partial charge is 0.321 e. The third kappa shape index (κ3) is 4.65. The number of urea groups is 1. The highest BCUT2D eigenvalue weighted by Crippen LogP contribution is 2.31. The number of halogens is 2. The van der Waals surface area contributed by atoms with Crippen LogP contribution in [0.25, 0.3) is 0 Å². The number of hydrogen-bond donors (Lipinski definition) is 2. The Balaban J connectivity index is 1.52. The topological polar surface area (TPSA) is 61.4 Å². The van der Waals surface area contributed by atoms with E-state index in [9.17, 15) is 18.4 Å². The molecular weight excluding hydrogens is 364 g/mol. The van der Waals surface area contributed by atoms with Crippen LogP contribution >= 0.6 is 0 Å². The molecule has 0 atom stereocenters. The summed E-state index contributed by atoms with van der Waals surface area (Å²) in [6, 6.07) is 12.2. The molecule has 1 fully saturated rings. The van der Waals surface area contributed by atoms with E-state index < -0.39 is 23.1 Å². The Labute approximate surface area is 162 Å². The second-order valence-corrected chi connectivity index (χ2v) is 7.27. The van der Waals surface area contributed by atoms with Gasteiger partial charge in [-0.3, -0.25) is 4.79 Å². The van der Waals surface area contributed by atoms with Gasteiger partial charge in [0.15, 0.2) is 0 Å². The third-order valence-electron chi connectivity index (χ3n) is 5.17. The van der Waals surface area contributed by atoms with Crippen LogP contribution < -0.4 is 10.6 Å². The van der Waals surface area contributed by atoms with Gasteiger partial charge >= 0.3 is 6.03 Å². The molecular formula is C21H23F2N3O2. The van der Waals surface area contributed by atoms with E-state index in [0.717, 1.165) is 17.7 Å². The van der Waals surface area contributed by atoms with Crippen molar-refractivity contribution >= 4 is 17.6 Å². The van der Waals surface area contributed by atoms with Crippen molar-refractivity contribution in [1.82, 2.24) is 10.2 Å². The van der Waals surface area contributed by atoms with Gasteiger partial charge in [-0.1, -0.05) is 37.3 Å². The number of anilines is 1. The number of carbonyl (C=O) groups is 2. The second-order valence-electron chi connectivity index (χ2n) is 7.27. The highest BCUT2D eigenvalue weighted by atomic mass is 19.1. The molecule has 2 aromatic carbocycles. The zero-order valence-corrected chi connectivity index (χ0v) is 15.7. The lowest BCUT2D eigenvalue weighted by molar-refractivity contribution is -0.132. The Kier molecular flexibility index (Phi) is 5.92. The number of benzene rings is 2. The summed E-state index contributed by atoms with van der Waals surface area (Å²) in [6.45, 7) is 3.11. The van der Waals surface area contributed by atoms with Gasteiger partial charge in [-0.2, -0.15) is 0 Å². The first-order valence-corrected chi connectivity index (χ1v) is 9.21. The van der Waals surface area contributed by atoms with E-state index in [1.54, 1.807) is 0 Å². The monoisotopic (exact) mass is 387 g/mol. The van der Waals surface area contributed by atoms with Gasteiger partial charge in [0.1, 0.15) is 11.6 Å². The number of likely N-dealkylation sites (tertiary alicyclic amines) is 1. The summed E-state index contributed by atoms with van der Waals surface area (Å²) < 4.78 is 26.7. The molecule has 1 saturated heterocycles. The fraction of sp³-hybridized carbons (Fsp3) is 0.333. The highest BCUT2D eigenvalue weighted by molar-refractivity contribution is 5.90. The molecule has 148 valence electrons. The van der Waals surface area contributed by atoms with E-state index in [-0.39, 0.29) is 11.6 Å². The van der Waals surface area contributed by atoms with E-state index in [1.807, 2.05) is 37.3 Å². The molecule has 1 heterocycles. The fourth-order valence-corrected chi connectivity index (χ4v) is 3.21. The zero-order valence-electron chi connectivity index (χ0n) is 15.7. The van der Waals surface area contributed by atoms with Crippen molar-refractivity contribution in [2.24, 2.45) is 5.41 Å². The Morgan fingerprint density at radius 3 is 2.39 bits per heavy atom. The number of carbonyl (C=O) groups excluding carboxylic acids is 2. The summed E-state index contributed by atoms with van der Waals surface area (Å²) in [5.41, 5.74) is 0.394. The summed E-state index contributed by atoms with van der Waals surface area (Å²) in [6.07, 6.45) is 1.01. The van der Waals surface area contributed by atoms with Gasteiger partial charge < -0.3 is 15.5 Å². The van der Waals surface area contributed by atoms with Gasteiger partial charge in [0.05, 0.1) is 5.69 Å². The van der Waals surface area contributed by atoms with Crippen molar-refractivity contribution in [2.45, 2.75) is 26.3 Å². The van der Waals surface area contributed by atoms with Crippen molar-refractivity contribution in [3.8, 4) is 0 Å². The first-order valence-electron chi connectivity index (χ1n) is 9.21. The molecule has 0 unspecified atom stereocenters. The maximum Gasteiger partial charge on any atom is 0.321 e. The normalized spacial score (nSPS) is 15.8. The summed E-state index contributed by atoms with van der Waals surface area (Å²) >= 11 is 0. The van der Waals surface area contributed by atoms with Gasteiger partial charge in [-0.15, -0.1) is 0 Å². The minimum atomic E-state index is -0.824. The maximum absolute atomic E-state index is 13.7. The van der Waals surface area contributed by atoms with Gasteiger partial charge in [-0.25, -0.2) is 13.6 Å². The predicted octanol–water partition coefficient (Wildman–Crippen LogP) is 3.92. The number of nitrogens with zero attached hydrogens (tertiary/aromatic N) is 1. The molecule has 0 bridgehead atoms. The van der Waals surface area contributed by atoms with Crippen LogP contribution in [0.5, 0.6) is 0 Å². The van der Waals surface area contributed by atoms with Crippen molar-refractivity contribution in [3.63, 3.8) is 0 Å². The lowest BCUT2D eigenvalue weighted by Gasteiger charge is -2.38. The number of amides is 3. The highest BCUT2D eigenvalue weighted by Gasteiger charge is 2.38. The Morgan fingerprint density at radius 1 is 1.07 bits per heavy atom. The molecule has 3 rings (SSSR count). The molecule has 0 saturated carbocycles. The molecule has 5 nitrogen and oxygen atoms in total. The first-order chi connectivity index (χ1) is 13.4. The van der Waals surface area contributed by atoms with Crippen LogP contribution in [0.15, 0.2) is 48.5 Å². The predicted molar refractivity (Wildman–Crippen MR) is 103 cm³/mol. The summed E-state index contributed by atoms with van der Waals surface area (Å²) in [7, 11) is 0. The minimum absolute atomic E-state index is 0.0407. The largest absolute Gasteiger partial charge is 0.352 e. The Hall–Kier alpha value is -2.96. The van der Waals surface area contributed by atoms with Crippen LogP contribution in [0.2, 0.25) is 0 Å². The molecule has 3 amide bonds. The van der Waals surface area contributed by atoms with Crippen LogP contribution in [0.1, 0.15) is 25.3 Å². The van der Waals surface area contributed by atoms with Crippen molar-refractivity contribution in [1.29, 1.82) is 0 Å². The molecule has 0 radical (unpaired) electrons. The van der Waals surface area contributed by atoms with Crippen molar-refractivity contribution in [2.75, 3.05) is 18.4 Å². The van der Waals surface area contributed by atoms with Crippen LogP contribution in [-0.4, -0.2) is 29.9 Å². The van der Waals surface area contributed by atoms with Gasteiger partial charge in [0.2, 0.25) is 5.91 Å². The number of rotatable bonds is 4. The van der Waals surface area contributed by atoms with E-state index in [4.69, 9.17) is 0 Å². The van der Waals surface area contributed by atoms with Gasteiger partial charge in [0.25, 0.3) is 0 Å². The lowest BCUT2D eigenvalue weighted by Crippen LogP contribution is -2.49. The van der Waals surface area contributed by atoms with E-state index in [2.05, 4.69) is 10.6 Å². The zero-order chi connectivity index (χ0) is 20.1. The molecule has 1 aliphatic rings. The van der Waals surface area contributed by atoms with Crippen LogP contribution in [0, 0.1) is 17.0 Å². The molecule has 28 heavy (non-hydrogen) atoms. The molecule has 2 N–H and O–H groups in total. The Morgan fingerprint density at radius 2 is 1.75 bits per heavy atom. The summed E-state index contributed by atoms with van der Waals surface area (Å²) in [5, 5.41) is 5.42. The molecule has 7 heteroatoms. The number of nitrogens with one attached hydrogen (secondary N) is 2. The van der Waals surface area contributed by atoms with E-state index in [1.165, 1.54) is 11.0 Å². The van der Waals surface area contributed by atoms with Gasteiger partial charge in [-0.05, 0) is 30.5 Å². The fourth-order valence-electron chi connectivity index (χ4n) is 3.21. The molecule has 0 aromatic heterocycles. The first kappa shape index (κ1) is 19.8. The van der Waals surface area contributed by atoms with E-state index >= 15 is 0 Å². The molecule has 2 aromatic rings. The van der Waals surface area contributed by atoms with Crippen LogP contribution in [-0.2, 0) is 11.3 Å². The molecule has 0 spiro atoms. The molecule has 0 aliphatic carbocycles. The van der Waals surface area contributed by atoms with Crippen LogP contribution in [0.4, 0.5) is 19.3 Å². The van der Waals surface area contributed by atoms with Gasteiger partial charge in [0, 0.05) is 31.1 Å². The van der Waals surface area contributed by atoms with Crippen molar-refractivity contribution < 1.29 is 18.4 Å². The second kappa shape index (κ2) is 8.37. The molecule has 1 aliphatic heterocycles. The lowest BCUT2D eigenvalue weighted by atomic mass is 9.79. The standard InChI is InChI=1S/C21H23F2N3O2/c1-21(19(27)24-14-15-5-3-2-4-6-15)9-11-26(12-10-21)20(28)25-18-8-7-16(22)13-17(18)23/h2-8,13H,9-12,14H2,1H3,(H,24,27)(H,25,28). The minimum Gasteiger partial charge on any atom is -0.352 e. The summed E-state index contributed by atoms with van der Waals surface area (Å²) in [5.74, 6) is -1.57. The average molecular weight is 387 g/mol. The van der Waals surface area contributed by atoms with Crippen LogP contribution in [0.3, 0.4) is 0 Å².